The summed E-state index contributed by atoms with van der Waals surface area (Å²) in [6, 6.07) is 6.91. The molecule has 1 aromatic carbocycles. The van der Waals surface area contributed by atoms with Gasteiger partial charge >= 0.3 is 0 Å². The number of carbonyl (C=O) groups excluding carboxylic acids is 2. The summed E-state index contributed by atoms with van der Waals surface area (Å²) >= 11 is 1.50. The van der Waals surface area contributed by atoms with E-state index in [1.54, 1.807) is 30.5 Å². The van der Waals surface area contributed by atoms with Gasteiger partial charge in [0.2, 0.25) is 5.91 Å². The summed E-state index contributed by atoms with van der Waals surface area (Å²) in [6.45, 7) is 2.46. The van der Waals surface area contributed by atoms with Crippen molar-refractivity contribution in [2.75, 3.05) is 17.6 Å². The Morgan fingerprint density at radius 3 is 2.96 bits per heavy atom. The number of H-pyrrole nitrogens is 1. The summed E-state index contributed by atoms with van der Waals surface area (Å²) in [7, 11) is 0. The van der Waals surface area contributed by atoms with E-state index in [4.69, 9.17) is 0 Å². The van der Waals surface area contributed by atoms with Gasteiger partial charge in [-0.1, -0.05) is 13.0 Å². The van der Waals surface area contributed by atoms with Gasteiger partial charge in [0.1, 0.15) is 5.03 Å². The molecule has 0 spiro atoms. The Labute approximate surface area is 138 Å². The fraction of sp³-hybridized carbons (Fsp3) is 0.333. The van der Waals surface area contributed by atoms with Gasteiger partial charge in [0, 0.05) is 30.0 Å². The quantitative estimate of drug-likeness (QED) is 0.507. The highest BCUT2D eigenvalue weighted by Gasteiger charge is 2.07. The van der Waals surface area contributed by atoms with E-state index < -0.39 is 0 Å². The van der Waals surface area contributed by atoms with Gasteiger partial charge < -0.3 is 10.6 Å². The maximum Gasteiger partial charge on any atom is 0.251 e. The lowest BCUT2D eigenvalue weighted by Gasteiger charge is -2.08. The van der Waals surface area contributed by atoms with E-state index in [-0.39, 0.29) is 11.8 Å². The number of nitrogens with zero attached hydrogens (tertiary/aromatic N) is 2. The molecule has 0 saturated heterocycles. The molecule has 0 aliphatic rings. The molecule has 0 aliphatic carbocycles. The van der Waals surface area contributed by atoms with Crippen molar-refractivity contribution in [2.24, 2.45) is 0 Å². The highest BCUT2D eigenvalue weighted by molar-refractivity contribution is 7.99. The van der Waals surface area contributed by atoms with Crippen molar-refractivity contribution in [3.8, 4) is 0 Å². The van der Waals surface area contributed by atoms with Crippen molar-refractivity contribution in [2.45, 2.75) is 24.8 Å². The Balaban J connectivity index is 1.80. The molecule has 3 N–H and O–H groups in total. The molecule has 2 rings (SSSR count). The van der Waals surface area contributed by atoms with Crippen molar-refractivity contribution in [1.29, 1.82) is 0 Å². The fourth-order valence-corrected chi connectivity index (χ4v) is 2.52. The second-order valence-corrected chi connectivity index (χ2v) is 5.91. The monoisotopic (exact) mass is 333 g/mol. The lowest BCUT2D eigenvalue weighted by molar-refractivity contribution is -0.116. The molecular formula is C15H19N5O2S. The average molecular weight is 333 g/mol. The number of amides is 2. The van der Waals surface area contributed by atoms with Gasteiger partial charge in [0.25, 0.3) is 5.91 Å². The van der Waals surface area contributed by atoms with E-state index in [9.17, 15) is 9.59 Å². The van der Waals surface area contributed by atoms with E-state index in [0.717, 1.165) is 11.4 Å². The maximum absolute atomic E-state index is 12.1. The van der Waals surface area contributed by atoms with Gasteiger partial charge in [-0.3, -0.25) is 9.59 Å². The van der Waals surface area contributed by atoms with Crippen LogP contribution >= 0.6 is 11.8 Å². The Morgan fingerprint density at radius 1 is 1.35 bits per heavy atom. The molecule has 0 aliphatic heterocycles. The summed E-state index contributed by atoms with van der Waals surface area (Å²) in [5.41, 5.74) is 1.15. The Kier molecular flexibility index (Phi) is 6.61. The van der Waals surface area contributed by atoms with Crippen molar-refractivity contribution in [3.63, 3.8) is 0 Å². The van der Waals surface area contributed by atoms with Crippen LogP contribution in [0.1, 0.15) is 30.1 Å². The summed E-state index contributed by atoms with van der Waals surface area (Å²) in [4.78, 5) is 23.7. The number of thioether (sulfide) groups is 1. The van der Waals surface area contributed by atoms with Crippen LogP contribution in [0.15, 0.2) is 35.5 Å². The fourth-order valence-electron chi connectivity index (χ4n) is 1.87. The summed E-state index contributed by atoms with van der Waals surface area (Å²) < 4.78 is 0. The Morgan fingerprint density at radius 2 is 2.22 bits per heavy atom. The number of benzene rings is 1. The SMILES string of the molecule is CCCC(=O)Nc1cccc(C(=O)NCCSc2cn[nH]n2)c1. The molecule has 0 radical (unpaired) electrons. The number of hydrogen-bond acceptors (Lipinski definition) is 5. The van der Waals surface area contributed by atoms with Crippen LogP contribution in [0.4, 0.5) is 5.69 Å². The first-order valence-electron chi connectivity index (χ1n) is 7.35. The first kappa shape index (κ1) is 17.0. The zero-order valence-electron chi connectivity index (χ0n) is 12.8. The average Bonchev–Trinajstić information content (AvgIpc) is 3.05. The number of nitrogens with one attached hydrogen (secondary N) is 3. The standard InChI is InChI=1S/C15H19N5O2S/c1-2-4-13(21)18-12-6-3-5-11(9-12)15(22)16-7-8-23-14-10-17-20-19-14/h3,5-6,9-10H,2,4,7-8H2,1H3,(H,16,22)(H,18,21)(H,17,19,20). The molecule has 23 heavy (non-hydrogen) atoms. The predicted octanol–water partition coefficient (Wildman–Crippen LogP) is 2.07. The second kappa shape index (κ2) is 8.94. The molecule has 2 aromatic rings. The van der Waals surface area contributed by atoms with Gasteiger partial charge in [0.15, 0.2) is 0 Å². The number of carbonyl (C=O) groups is 2. The first-order chi connectivity index (χ1) is 11.2. The first-order valence-corrected chi connectivity index (χ1v) is 8.34. The Bertz CT molecular complexity index is 645. The van der Waals surface area contributed by atoms with Crippen LogP contribution in [0.3, 0.4) is 0 Å². The molecule has 0 saturated carbocycles. The van der Waals surface area contributed by atoms with Crippen LogP contribution < -0.4 is 10.6 Å². The van der Waals surface area contributed by atoms with Gasteiger partial charge in [-0.05, 0) is 24.6 Å². The summed E-state index contributed by atoms with van der Waals surface area (Å²) in [5, 5.41) is 16.6. The third kappa shape index (κ3) is 5.74. The molecule has 7 nitrogen and oxygen atoms in total. The number of aromatic amines is 1. The van der Waals surface area contributed by atoms with E-state index in [0.29, 0.717) is 30.0 Å². The molecule has 0 atom stereocenters. The number of anilines is 1. The lowest BCUT2D eigenvalue weighted by Crippen LogP contribution is -2.25. The molecule has 0 bridgehead atoms. The van der Waals surface area contributed by atoms with Crippen LogP contribution in [0, 0.1) is 0 Å². The van der Waals surface area contributed by atoms with Crippen LogP contribution in [0.2, 0.25) is 0 Å². The zero-order chi connectivity index (χ0) is 16.5. The van der Waals surface area contributed by atoms with Crippen LogP contribution in [-0.4, -0.2) is 39.5 Å². The molecule has 1 heterocycles. The number of aromatic nitrogens is 3. The van der Waals surface area contributed by atoms with E-state index in [1.807, 2.05) is 6.92 Å². The predicted molar refractivity (Wildman–Crippen MR) is 89.4 cm³/mol. The molecule has 1 aromatic heterocycles. The highest BCUT2D eigenvalue weighted by Crippen LogP contribution is 2.13. The minimum atomic E-state index is -0.169. The van der Waals surface area contributed by atoms with Crippen molar-refractivity contribution >= 4 is 29.3 Å². The van der Waals surface area contributed by atoms with E-state index >= 15 is 0 Å². The molecule has 0 fully saturated rings. The van der Waals surface area contributed by atoms with E-state index in [2.05, 4.69) is 26.0 Å². The lowest BCUT2D eigenvalue weighted by atomic mass is 10.2. The van der Waals surface area contributed by atoms with Crippen molar-refractivity contribution < 1.29 is 9.59 Å². The molecular weight excluding hydrogens is 314 g/mol. The third-order valence-electron chi connectivity index (χ3n) is 2.92. The molecule has 2 amide bonds. The number of hydrogen-bond donors (Lipinski definition) is 3. The van der Waals surface area contributed by atoms with Gasteiger partial charge in [-0.2, -0.15) is 10.3 Å². The molecule has 0 unspecified atom stereocenters. The normalized spacial score (nSPS) is 10.3. The van der Waals surface area contributed by atoms with E-state index in [1.165, 1.54) is 11.8 Å². The van der Waals surface area contributed by atoms with Gasteiger partial charge in [0.05, 0.1) is 6.20 Å². The Hall–Kier alpha value is -2.35. The van der Waals surface area contributed by atoms with Crippen molar-refractivity contribution in [3.05, 3.63) is 36.0 Å². The van der Waals surface area contributed by atoms with Crippen LogP contribution in [0.5, 0.6) is 0 Å². The van der Waals surface area contributed by atoms with Gasteiger partial charge in [-0.25, -0.2) is 0 Å². The van der Waals surface area contributed by atoms with Crippen molar-refractivity contribution in [1.82, 2.24) is 20.7 Å². The van der Waals surface area contributed by atoms with Gasteiger partial charge in [-0.15, -0.1) is 16.9 Å². The van der Waals surface area contributed by atoms with Crippen LogP contribution in [-0.2, 0) is 4.79 Å². The summed E-state index contributed by atoms with van der Waals surface area (Å²) in [6.07, 6.45) is 2.89. The second-order valence-electron chi connectivity index (χ2n) is 4.79. The molecule has 122 valence electrons. The highest BCUT2D eigenvalue weighted by atomic mass is 32.2. The minimum absolute atomic E-state index is 0.0472. The topological polar surface area (TPSA) is 99.8 Å². The molecule has 8 heteroatoms. The van der Waals surface area contributed by atoms with Crippen LogP contribution in [0.25, 0.3) is 0 Å². The zero-order valence-corrected chi connectivity index (χ0v) is 13.7. The largest absolute Gasteiger partial charge is 0.351 e. The summed E-state index contributed by atoms with van der Waals surface area (Å²) in [5.74, 6) is 0.483. The minimum Gasteiger partial charge on any atom is -0.351 e. The third-order valence-corrected chi connectivity index (χ3v) is 3.82. The smallest absolute Gasteiger partial charge is 0.251 e. The number of rotatable bonds is 8. The maximum atomic E-state index is 12.1.